The molecule has 0 saturated carbocycles. The van der Waals surface area contributed by atoms with Gasteiger partial charge in [0.05, 0.1) is 17.9 Å². The summed E-state index contributed by atoms with van der Waals surface area (Å²) in [6.07, 6.45) is -4.68. The molecule has 0 aliphatic heterocycles. The number of aliphatic hydroxyl groups is 1. The number of imidazole rings is 1. The van der Waals surface area contributed by atoms with Crippen LogP contribution in [0.15, 0.2) is 72.8 Å². The van der Waals surface area contributed by atoms with Crippen molar-refractivity contribution in [3.8, 4) is 34.2 Å². The zero-order valence-corrected chi connectivity index (χ0v) is 19.7. The fraction of sp³-hybridized carbons (Fsp3) is 0.214. The van der Waals surface area contributed by atoms with Crippen LogP contribution in [0.1, 0.15) is 36.5 Å². The highest BCUT2D eigenvalue weighted by atomic mass is 19.4. The number of rotatable bonds is 7. The molecule has 0 aliphatic carbocycles. The lowest BCUT2D eigenvalue weighted by atomic mass is 9.94. The van der Waals surface area contributed by atoms with Crippen LogP contribution in [0.5, 0.6) is 5.75 Å². The number of halogens is 3. The van der Waals surface area contributed by atoms with E-state index in [4.69, 9.17) is 4.74 Å². The number of hydrogen-bond acceptors (Lipinski definition) is 4. The predicted octanol–water partition coefficient (Wildman–Crippen LogP) is 6.48. The molecule has 0 atom stereocenters. The van der Waals surface area contributed by atoms with Gasteiger partial charge in [-0.3, -0.25) is 0 Å². The highest BCUT2D eigenvalue weighted by Crippen LogP contribution is 2.39. The van der Waals surface area contributed by atoms with Crippen molar-refractivity contribution in [2.45, 2.75) is 32.0 Å². The van der Waals surface area contributed by atoms with Crippen LogP contribution in [0.25, 0.3) is 22.4 Å². The first-order valence-electron chi connectivity index (χ1n) is 11.2. The van der Waals surface area contributed by atoms with Crippen molar-refractivity contribution in [1.82, 2.24) is 9.97 Å². The third-order valence-corrected chi connectivity index (χ3v) is 5.88. The standard InChI is InChI=1S/C28H24F3N3O2/c1-27(2,17-35)26-33-23(15-32)25(34-26)21-12-13-24(22(14-21)28(29,30)31)36-16-18-8-10-20(11-9-18)19-6-4-3-5-7-19/h3-14,35H,16-17H2,1-2H3,(H,33,34). The third-order valence-electron chi connectivity index (χ3n) is 5.88. The molecule has 0 radical (unpaired) electrons. The Kier molecular flexibility index (Phi) is 6.86. The molecule has 0 spiro atoms. The van der Waals surface area contributed by atoms with Gasteiger partial charge in [-0.05, 0) is 34.9 Å². The van der Waals surface area contributed by atoms with Crippen molar-refractivity contribution in [3.63, 3.8) is 0 Å². The third kappa shape index (κ3) is 5.26. The van der Waals surface area contributed by atoms with Gasteiger partial charge in [0.15, 0.2) is 5.69 Å². The summed E-state index contributed by atoms with van der Waals surface area (Å²) >= 11 is 0. The van der Waals surface area contributed by atoms with Gasteiger partial charge in [0.2, 0.25) is 0 Å². The zero-order valence-electron chi connectivity index (χ0n) is 19.7. The van der Waals surface area contributed by atoms with Gasteiger partial charge < -0.3 is 14.8 Å². The average molecular weight is 492 g/mol. The topological polar surface area (TPSA) is 81.9 Å². The molecule has 1 aromatic heterocycles. The Bertz CT molecular complexity index is 1390. The van der Waals surface area contributed by atoms with Crippen molar-refractivity contribution in [2.75, 3.05) is 6.61 Å². The van der Waals surface area contributed by atoms with Crippen LogP contribution in [0.3, 0.4) is 0 Å². The van der Waals surface area contributed by atoms with E-state index < -0.39 is 17.2 Å². The molecule has 0 unspecified atom stereocenters. The fourth-order valence-corrected chi connectivity index (χ4v) is 3.68. The van der Waals surface area contributed by atoms with E-state index in [1.807, 2.05) is 60.7 Å². The van der Waals surface area contributed by atoms with E-state index in [9.17, 15) is 23.5 Å². The summed E-state index contributed by atoms with van der Waals surface area (Å²) in [7, 11) is 0. The molecular formula is C28H24F3N3O2. The van der Waals surface area contributed by atoms with Gasteiger partial charge in [0.1, 0.15) is 24.3 Å². The first-order valence-corrected chi connectivity index (χ1v) is 11.2. The first kappa shape index (κ1) is 25.0. The van der Waals surface area contributed by atoms with E-state index in [2.05, 4.69) is 9.97 Å². The van der Waals surface area contributed by atoms with E-state index >= 15 is 0 Å². The second-order valence-corrected chi connectivity index (χ2v) is 9.02. The Morgan fingerprint density at radius 1 is 0.944 bits per heavy atom. The summed E-state index contributed by atoms with van der Waals surface area (Å²) in [6.45, 7) is 3.13. The number of nitrogens with one attached hydrogen (secondary N) is 1. The molecule has 4 aromatic rings. The summed E-state index contributed by atoms with van der Waals surface area (Å²) in [4.78, 5) is 7.09. The first-order chi connectivity index (χ1) is 17.1. The number of nitrogens with zero attached hydrogens (tertiary/aromatic N) is 2. The van der Waals surface area contributed by atoms with E-state index in [-0.39, 0.29) is 35.9 Å². The van der Waals surface area contributed by atoms with Gasteiger partial charge in [-0.15, -0.1) is 0 Å². The molecule has 0 fully saturated rings. The lowest BCUT2D eigenvalue weighted by Crippen LogP contribution is -2.23. The molecule has 184 valence electrons. The van der Waals surface area contributed by atoms with E-state index in [0.717, 1.165) is 22.8 Å². The molecule has 0 amide bonds. The van der Waals surface area contributed by atoms with Crippen LogP contribution in [0.2, 0.25) is 0 Å². The van der Waals surface area contributed by atoms with Crippen molar-refractivity contribution < 1.29 is 23.0 Å². The maximum Gasteiger partial charge on any atom is 0.419 e. The van der Waals surface area contributed by atoms with Gasteiger partial charge >= 0.3 is 6.18 Å². The summed E-state index contributed by atoms with van der Waals surface area (Å²) < 4.78 is 47.4. The van der Waals surface area contributed by atoms with Crippen molar-refractivity contribution in [3.05, 3.63) is 95.4 Å². The predicted molar refractivity (Wildman–Crippen MR) is 130 cm³/mol. The Labute approximate surface area is 206 Å². The SMILES string of the molecule is CC(C)(CO)c1nc(C#N)c(-c2ccc(OCc3ccc(-c4ccccc4)cc3)c(C(F)(F)F)c2)[nH]1. The summed E-state index contributed by atoms with van der Waals surface area (Å²) in [5.41, 5.74) is 1.26. The lowest BCUT2D eigenvalue weighted by molar-refractivity contribution is -0.139. The van der Waals surface area contributed by atoms with Gasteiger partial charge in [-0.1, -0.05) is 68.4 Å². The molecule has 1 heterocycles. The smallest absolute Gasteiger partial charge is 0.419 e. The minimum atomic E-state index is -4.68. The summed E-state index contributed by atoms with van der Waals surface area (Å²) in [5.74, 6) is -0.00305. The van der Waals surface area contributed by atoms with Crippen LogP contribution >= 0.6 is 0 Å². The molecule has 0 bridgehead atoms. The van der Waals surface area contributed by atoms with E-state index in [1.165, 1.54) is 12.1 Å². The number of H-pyrrole nitrogens is 1. The lowest BCUT2D eigenvalue weighted by Gasteiger charge is -2.18. The number of ether oxygens (including phenoxy) is 1. The number of benzene rings is 3. The Balaban J connectivity index is 1.60. The van der Waals surface area contributed by atoms with Crippen molar-refractivity contribution >= 4 is 0 Å². The number of hydrogen-bond donors (Lipinski definition) is 2. The second-order valence-electron chi connectivity index (χ2n) is 9.02. The van der Waals surface area contributed by atoms with Crippen LogP contribution in [0, 0.1) is 11.3 Å². The Morgan fingerprint density at radius 2 is 1.58 bits per heavy atom. The van der Waals surface area contributed by atoms with Crippen LogP contribution in [-0.2, 0) is 18.2 Å². The molecule has 4 rings (SSSR count). The molecule has 5 nitrogen and oxygen atoms in total. The second kappa shape index (κ2) is 9.88. The van der Waals surface area contributed by atoms with Crippen molar-refractivity contribution in [1.29, 1.82) is 5.26 Å². The zero-order chi connectivity index (χ0) is 25.9. The van der Waals surface area contributed by atoms with E-state index in [1.54, 1.807) is 13.8 Å². The molecular weight excluding hydrogens is 467 g/mol. The Hall–Kier alpha value is -4.09. The van der Waals surface area contributed by atoms with E-state index in [0.29, 0.717) is 5.82 Å². The average Bonchev–Trinajstić information content (AvgIpc) is 3.33. The molecule has 8 heteroatoms. The number of alkyl halides is 3. The normalized spacial score (nSPS) is 11.8. The Morgan fingerprint density at radius 3 is 2.19 bits per heavy atom. The van der Waals surface area contributed by atoms with Crippen LogP contribution in [-0.4, -0.2) is 21.7 Å². The molecule has 36 heavy (non-hydrogen) atoms. The molecule has 0 saturated heterocycles. The van der Waals surface area contributed by atoms with Gasteiger partial charge in [0.25, 0.3) is 0 Å². The number of aromatic amines is 1. The van der Waals surface area contributed by atoms with Crippen LogP contribution < -0.4 is 4.74 Å². The minimum absolute atomic E-state index is 0.0418. The quantitative estimate of drug-likeness (QED) is 0.310. The number of aliphatic hydroxyl groups excluding tert-OH is 1. The largest absolute Gasteiger partial charge is 0.488 e. The number of aromatic nitrogens is 2. The molecule has 0 aliphatic rings. The monoisotopic (exact) mass is 491 g/mol. The maximum absolute atomic E-state index is 13.9. The summed E-state index contributed by atoms with van der Waals surface area (Å²) in [5, 5.41) is 19.1. The van der Waals surface area contributed by atoms with Crippen LogP contribution in [0.4, 0.5) is 13.2 Å². The highest BCUT2D eigenvalue weighted by Gasteiger charge is 2.35. The fourth-order valence-electron chi connectivity index (χ4n) is 3.68. The van der Waals surface area contributed by atoms with Gasteiger partial charge in [0, 0.05) is 11.0 Å². The summed E-state index contributed by atoms with van der Waals surface area (Å²) in [6, 6.07) is 22.7. The molecule has 3 aromatic carbocycles. The molecule has 2 N–H and O–H groups in total. The number of nitriles is 1. The minimum Gasteiger partial charge on any atom is -0.488 e. The van der Waals surface area contributed by atoms with Crippen molar-refractivity contribution in [2.24, 2.45) is 0 Å². The highest BCUT2D eigenvalue weighted by molar-refractivity contribution is 5.68. The van der Waals surface area contributed by atoms with Gasteiger partial charge in [-0.2, -0.15) is 18.4 Å². The maximum atomic E-state index is 13.9. The van der Waals surface area contributed by atoms with Gasteiger partial charge in [-0.25, -0.2) is 4.98 Å².